The van der Waals surface area contributed by atoms with Gasteiger partial charge in [0.05, 0.1) is 11.5 Å². The highest BCUT2D eigenvalue weighted by molar-refractivity contribution is 7.99. The number of sulfone groups is 1. The van der Waals surface area contributed by atoms with Gasteiger partial charge in [-0.1, -0.05) is 18.2 Å². The molecule has 1 aliphatic rings. The molecule has 0 fully saturated rings. The van der Waals surface area contributed by atoms with E-state index in [1.165, 1.54) is 10.5 Å². The zero-order chi connectivity index (χ0) is 13.4. The molecule has 0 aliphatic carbocycles. The second-order valence-corrected chi connectivity index (χ2v) is 8.76. The first-order valence-corrected chi connectivity index (χ1v) is 8.79. The molecule has 0 amide bonds. The number of benzene rings is 1. The number of hydrogen-bond acceptors (Lipinski definition) is 4. The minimum absolute atomic E-state index is 0.0450. The summed E-state index contributed by atoms with van der Waals surface area (Å²) < 4.78 is 24.2. The largest absolute Gasteiger partial charge is 0.325 e. The quantitative estimate of drug-likeness (QED) is 0.919. The van der Waals surface area contributed by atoms with Crippen molar-refractivity contribution < 1.29 is 8.42 Å². The molecule has 1 unspecified atom stereocenters. The summed E-state index contributed by atoms with van der Waals surface area (Å²) in [6, 6.07) is 8.05. The molecule has 1 aromatic rings. The van der Waals surface area contributed by atoms with Crippen LogP contribution in [0.5, 0.6) is 0 Å². The molecule has 5 heteroatoms. The Morgan fingerprint density at radius 2 is 2.06 bits per heavy atom. The van der Waals surface area contributed by atoms with Crippen LogP contribution >= 0.6 is 11.8 Å². The summed E-state index contributed by atoms with van der Waals surface area (Å²) in [7, 11) is -3.10. The summed E-state index contributed by atoms with van der Waals surface area (Å²) >= 11 is 1.74. The van der Waals surface area contributed by atoms with Crippen LogP contribution in [0.15, 0.2) is 29.2 Å². The molecule has 2 N–H and O–H groups in total. The SMILES string of the molecule is CC(C)(N)CS(=O)(=O)CC1CSc2ccccc21. The van der Waals surface area contributed by atoms with Crippen LogP contribution in [-0.4, -0.2) is 31.2 Å². The van der Waals surface area contributed by atoms with E-state index in [1.54, 1.807) is 25.6 Å². The maximum absolute atomic E-state index is 12.1. The van der Waals surface area contributed by atoms with Gasteiger partial charge in [-0.3, -0.25) is 0 Å². The van der Waals surface area contributed by atoms with Gasteiger partial charge in [0.15, 0.2) is 9.84 Å². The fourth-order valence-corrected chi connectivity index (χ4v) is 5.86. The van der Waals surface area contributed by atoms with Crippen molar-refractivity contribution in [2.75, 3.05) is 17.3 Å². The number of hydrogen-bond donors (Lipinski definition) is 1. The first kappa shape index (κ1) is 13.9. The molecule has 1 aromatic carbocycles. The topological polar surface area (TPSA) is 60.2 Å². The van der Waals surface area contributed by atoms with E-state index in [1.807, 2.05) is 18.2 Å². The lowest BCUT2D eigenvalue weighted by Gasteiger charge is -2.20. The standard InChI is InChI=1S/C13H19NO2S2/c1-13(2,14)9-18(15,16)8-10-7-17-12-6-4-3-5-11(10)12/h3-6,10H,7-9,14H2,1-2H3. The van der Waals surface area contributed by atoms with E-state index in [2.05, 4.69) is 6.07 Å². The van der Waals surface area contributed by atoms with Gasteiger partial charge < -0.3 is 5.73 Å². The number of fused-ring (bicyclic) bond motifs is 1. The van der Waals surface area contributed by atoms with Crippen LogP contribution in [-0.2, 0) is 9.84 Å². The van der Waals surface area contributed by atoms with E-state index in [9.17, 15) is 8.42 Å². The lowest BCUT2D eigenvalue weighted by molar-refractivity contribution is 0.541. The Morgan fingerprint density at radius 1 is 1.39 bits per heavy atom. The lowest BCUT2D eigenvalue weighted by atomic mass is 10.0. The van der Waals surface area contributed by atoms with E-state index < -0.39 is 15.4 Å². The van der Waals surface area contributed by atoms with Gasteiger partial charge in [0.1, 0.15) is 0 Å². The van der Waals surface area contributed by atoms with Crippen LogP contribution in [0.4, 0.5) is 0 Å². The minimum Gasteiger partial charge on any atom is -0.325 e. The predicted octanol–water partition coefficient (Wildman–Crippen LogP) is 2.03. The molecule has 100 valence electrons. The summed E-state index contributed by atoms with van der Waals surface area (Å²) in [6.07, 6.45) is 0. The van der Waals surface area contributed by atoms with Gasteiger partial charge in [0.25, 0.3) is 0 Å². The maximum Gasteiger partial charge on any atom is 0.152 e. The third-order valence-corrected chi connectivity index (χ3v) is 6.19. The Labute approximate surface area is 113 Å². The zero-order valence-electron chi connectivity index (χ0n) is 10.7. The van der Waals surface area contributed by atoms with Gasteiger partial charge >= 0.3 is 0 Å². The lowest BCUT2D eigenvalue weighted by Crippen LogP contribution is -2.41. The van der Waals surface area contributed by atoms with Gasteiger partial charge in [-0.15, -0.1) is 11.8 Å². The van der Waals surface area contributed by atoms with E-state index >= 15 is 0 Å². The number of thioether (sulfide) groups is 1. The molecular formula is C13H19NO2S2. The molecule has 0 radical (unpaired) electrons. The molecule has 1 heterocycles. The molecule has 2 rings (SSSR count). The Bertz CT molecular complexity index is 532. The first-order valence-electron chi connectivity index (χ1n) is 5.98. The smallest absolute Gasteiger partial charge is 0.152 e. The fraction of sp³-hybridized carbons (Fsp3) is 0.538. The Hall–Kier alpha value is -0.520. The molecular weight excluding hydrogens is 266 g/mol. The molecule has 0 saturated carbocycles. The second kappa shape index (κ2) is 4.87. The predicted molar refractivity (Wildman–Crippen MR) is 76.8 cm³/mol. The third-order valence-electron chi connectivity index (χ3n) is 2.85. The summed E-state index contributed by atoms with van der Waals surface area (Å²) in [5, 5.41) is 0. The number of rotatable bonds is 4. The average molecular weight is 285 g/mol. The highest BCUT2D eigenvalue weighted by Crippen LogP contribution is 2.40. The van der Waals surface area contributed by atoms with E-state index in [0.717, 1.165) is 5.75 Å². The van der Waals surface area contributed by atoms with E-state index in [-0.39, 0.29) is 17.4 Å². The van der Waals surface area contributed by atoms with Crippen molar-refractivity contribution >= 4 is 21.6 Å². The van der Waals surface area contributed by atoms with E-state index in [0.29, 0.717) is 0 Å². The number of nitrogens with two attached hydrogens (primary N) is 1. The second-order valence-electron chi connectivity index (χ2n) is 5.59. The van der Waals surface area contributed by atoms with Crippen LogP contribution in [0.25, 0.3) is 0 Å². The van der Waals surface area contributed by atoms with E-state index in [4.69, 9.17) is 5.73 Å². The van der Waals surface area contributed by atoms with Gasteiger partial charge in [0, 0.05) is 22.1 Å². The third kappa shape index (κ3) is 3.49. The average Bonchev–Trinajstić information content (AvgIpc) is 2.57. The van der Waals surface area contributed by atoms with Crippen LogP contribution in [0.2, 0.25) is 0 Å². The molecule has 0 aromatic heterocycles. The van der Waals surface area contributed by atoms with Crippen LogP contribution < -0.4 is 5.73 Å². The van der Waals surface area contributed by atoms with Crippen molar-refractivity contribution in [2.45, 2.75) is 30.2 Å². The van der Waals surface area contributed by atoms with Crippen molar-refractivity contribution in [3.63, 3.8) is 0 Å². The Morgan fingerprint density at radius 3 is 2.72 bits per heavy atom. The van der Waals surface area contributed by atoms with Gasteiger partial charge in [0.2, 0.25) is 0 Å². The van der Waals surface area contributed by atoms with Gasteiger partial charge in [-0.25, -0.2) is 8.42 Å². The van der Waals surface area contributed by atoms with Gasteiger partial charge in [-0.05, 0) is 25.5 Å². The molecule has 0 spiro atoms. The van der Waals surface area contributed by atoms with Crippen molar-refractivity contribution in [3.05, 3.63) is 29.8 Å². The van der Waals surface area contributed by atoms with Crippen molar-refractivity contribution in [1.29, 1.82) is 0 Å². The Kier molecular flexibility index (Phi) is 3.76. The molecule has 18 heavy (non-hydrogen) atoms. The molecule has 1 atom stereocenters. The minimum atomic E-state index is -3.10. The molecule has 3 nitrogen and oxygen atoms in total. The summed E-state index contributed by atoms with van der Waals surface area (Å²) in [5.74, 6) is 1.21. The van der Waals surface area contributed by atoms with Crippen molar-refractivity contribution in [1.82, 2.24) is 0 Å². The summed E-state index contributed by atoms with van der Waals surface area (Å²) in [5.41, 5.74) is 6.31. The molecule has 1 aliphatic heterocycles. The normalized spacial score (nSPS) is 19.8. The first-order chi connectivity index (χ1) is 8.27. The van der Waals surface area contributed by atoms with Crippen LogP contribution in [0.3, 0.4) is 0 Å². The molecule has 0 bridgehead atoms. The fourth-order valence-electron chi connectivity index (χ4n) is 2.30. The highest BCUT2D eigenvalue weighted by atomic mass is 32.2. The maximum atomic E-state index is 12.1. The van der Waals surface area contributed by atoms with Crippen LogP contribution in [0.1, 0.15) is 25.3 Å². The highest BCUT2D eigenvalue weighted by Gasteiger charge is 2.30. The summed E-state index contributed by atoms with van der Waals surface area (Å²) in [6.45, 7) is 3.50. The summed E-state index contributed by atoms with van der Waals surface area (Å²) in [4.78, 5) is 1.21. The molecule has 0 saturated heterocycles. The Balaban J connectivity index is 2.13. The monoisotopic (exact) mass is 285 g/mol. The zero-order valence-corrected chi connectivity index (χ0v) is 12.4. The van der Waals surface area contributed by atoms with Gasteiger partial charge in [-0.2, -0.15) is 0 Å². The van der Waals surface area contributed by atoms with Crippen molar-refractivity contribution in [3.8, 4) is 0 Å². The van der Waals surface area contributed by atoms with Crippen molar-refractivity contribution in [2.24, 2.45) is 5.73 Å². The van der Waals surface area contributed by atoms with Crippen LogP contribution in [0, 0.1) is 0 Å².